The van der Waals surface area contributed by atoms with Crippen LogP contribution in [0.3, 0.4) is 0 Å². The molecule has 0 aliphatic heterocycles. The fourth-order valence-corrected chi connectivity index (χ4v) is 3.97. The van der Waals surface area contributed by atoms with Crippen LogP contribution in [0.5, 0.6) is 0 Å². The van der Waals surface area contributed by atoms with Crippen molar-refractivity contribution < 1.29 is 9.72 Å². The SMILES string of the molecule is O=C(CSc1nc2ccccc2n1Cc1ccccc1)c1ccc([N+](=O)[O-])cc1. The molecule has 0 atom stereocenters. The van der Waals surface area contributed by atoms with Crippen molar-refractivity contribution in [1.29, 1.82) is 0 Å². The van der Waals surface area contributed by atoms with E-state index in [1.165, 1.54) is 36.0 Å². The summed E-state index contributed by atoms with van der Waals surface area (Å²) in [5.41, 5.74) is 3.47. The lowest BCUT2D eigenvalue weighted by atomic mass is 10.1. The van der Waals surface area contributed by atoms with Crippen molar-refractivity contribution in [3.8, 4) is 0 Å². The molecule has 144 valence electrons. The molecule has 0 unspecified atom stereocenters. The van der Waals surface area contributed by atoms with Gasteiger partial charge in [-0.3, -0.25) is 14.9 Å². The van der Waals surface area contributed by atoms with Gasteiger partial charge in [0, 0.05) is 17.7 Å². The van der Waals surface area contributed by atoms with Crippen molar-refractivity contribution in [2.24, 2.45) is 0 Å². The Labute approximate surface area is 171 Å². The van der Waals surface area contributed by atoms with Crippen molar-refractivity contribution >= 4 is 34.3 Å². The maximum absolute atomic E-state index is 12.6. The molecule has 0 N–H and O–H groups in total. The van der Waals surface area contributed by atoms with Crippen LogP contribution < -0.4 is 0 Å². The number of hydrogen-bond donors (Lipinski definition) is 0. The van der Waals surface area contributed by atoms with Gasteiger partial charge < -0.3 is 4.57 Å². The fourth-order valence-electron chi connectivity index (χ4n) is 3.06. The quantitative estimate of drug-likeness (QED) is 0.188. The Morgan fingerprint density at radius 3 is 2.38 bits per heavy atom. The van der Waals surface area contributed by atoms with Crippen LogP contribution in [0.1, 0.15) is 15.9 Å². The van der Waals surface area contributed by atoms with Crippen LogP contribution in [0.15, 0.2) is 84.0 Å². The van der Waals surface area contributed by atoms with Gasteiger partial charge in [0.2, 0.25) is 0 Å². The third-order valence-electron chi connectivity index (χ3n) is 4.54. The summed E-state index contributed by atoms with van der Waals surface area (Å²) in [6.45, 7) is 0.662. The number of ketones is 1. The van der Waals surface area contributed by atoms with E-state index in [2.05, 4.69) is 16.7 Å². The number of fused-ring (bicyclic) bond motifs is 1. The molecule has 0 aliphatic rings. The summed E-state index contributed by atoms with van der Waals surface area (Å²) in [4.78, 5) is 27.5. The first-order chi connectivity index (χ1) is 14.1. The zero-order chi connectivity index (χ0) is 20.2. The van der Waals surface area contributed by atoms with E-state index in [0.717, 1.165) is 21.8 Å². The average molecular weight is 403 g/mol. The molecule has 4 rings (SSSR count). The van der Waals surface area contributed by atoms with Gasteiger partial charge in [0.1, 0.15) is 0 Å². The first-order valence-corrected chi connectivity index (χ1v) is 10.00. The molecule has 0 bridgehead atoms. The predicted molar refractivity (Wildman–Crippen MR) is 113 cm³/mol. The Morgan fingerprint density at radius 1 is 0.966 bits per heavy atom. The van der Waals surface area contributed by atoms with Crippen LogP contribution in [0.2, 0.25) is 0 Å². The third kappa shape index (κ3) is 4.20. The molecule has 7 heteroatoms. The summed E-state index contributed by atoms with van der Waals surface area (Å²) in [7, 11) is 0. The number of hydrogen-bond acceptors (Lipinski definition) is 5. The molecule has 1 heterocycles. The first kappa shape index (κ1) is 18.9. The van der Waals surface area contributed by atoms with E-state index in [-0.39, 0.29) is 17.2 Å². The Kier molecular flexibility index (Phi) is 5.39. The van der Waals surface area contributed by atoms with Crippen LogP contribution >= 0.6 is 11.8 Å². The normalized spacial score (nSPS) is 10.9. The maximum Gasteiger partial charge on any atom is 0.269 e. The highest BCUT2D eigenvalue weighted by molar-refractivity contribution is 7.99. The highest BCUT2D eigenvalue weighted by atomic mass is 32.2. The van der Waals surface area contributed by atoms with Gasteiger partial charge >= 0.3 is 0 Å². The highest BCUT2D eigenvalue weighted by Gasteiger charge is 2.15. The number of non-ortho nitro benzene ring substituents is 1. The number of Topliss-reactive ketones (excluding diaryl/α,β-unsaturated/α-hetero) is 1. The third-order valence-corrected chi connectivity index (χ3v) is 5.51. The molecule has 29 heavy (non-hydrogen) atoms. The van der Waals surface area contributed by atoms with Gasteiger partial charge in [-0.25, -0.2) is 4.98 Å². The minimum Gasteiger partial charge on any atom is -0.314 e. The van der Waals surface area contributed by atoms with E-state index >= 15 is 0 Å². The lowest BCUT2D eigenvalue weighted by Gasteiger charge is -2.09. The Morgan fingerprint density at radius 2 is 1.66 bits per heavy atom. The molecule has 1 aromatic heterocycles. The van der Waals surface area contributed by atoms with Gasteiger partial charge in [-0.2, -0.15) is 0 Å². The second-order valence-corrected chi connectivity index (χ2v) is 7.41. The molecule has 0 spiro atoms. The van der Waals surface area contributed by atoms with E-state index in [1.54, 1.807) is 0 Å². The number of thioether (sulfide) groups is 1. The topological polar surface area (TPSA) is 78.0 Å². The van der Waals surface area contributed by atoms with Gasteiger partial charge in [-0.15, -0.1) is 0 Å². The van der Waals surface area contributed by atoms with Crippen LogP contribution in [-0.4, -0.2) is 26.0 Å². The molecule has 0 amide bonds. The molecular formula is C22H17N3O3S. The molecule has 0 saturated heterocycles. The molecular weight excluding hydrogens is 386 g/mol. The fraction of sp³-hybridized carbons (Fsp3) is 0.0909. The number of rotatable bonds is 7. The molecule has 3 aromatic carbocycles. The van der Waals surface area contributed by atoms with Crippen LogP contribution in [0.25, 0.3) is 11.0 Å². The Bertz CT molecular complexity index is 1170. The number of nitro groups is 1. The van der Waals surface area contributed by atoms with Crippen molar-refractivity contribution in [2.75, 3.05) is 5.75 Å². The summed E-state index contributed by atoms with van der Waals surface area (Å²) in [6.07, 6.45) is 0. The zero-order valence-electron chi connectivity index (χ0n) is 15.4. The standard InChI is InChI=1S/C22H17N3O3S/c26-21(17-10-12-18(13-11-17)25(27)28)15-29-22-23-19-8-4-5-9-20(19)24(22)14-16-6-2-1-3-7-16/h1-13H,14-15H2. The molecule has 0 aliphatic carbocycles. The predicted octanol–water partition coefficient (Wildman–Crippen LogP) is 4.97. The summed E-state index contributed by atoms with van der Waals surface area (Å²) < 4.78 is 2.11. The molecule has 0 saturated carbocycles. The Hall–Kier alpha value is -3.45. The van der Waals surface area contributed by atoms with E-state index in [0.29, 0.717) is 12.1 Å². The summed E-state index contributed by atoms with van der Waals surface area (Å²) >= 11 is 1.37. The van der Waals surface area contributed by atoms with E-state index < -0.39 is 4.92 Å². The van der Waals surface area contributed by atoms with Gasteiger partial charge in [-0.05, 0) is 29.8 Å². The largest absolute Gasteiger partial charge is 0.314 e. The molecule has 4 aromatic rings. The lowest BCUT2D eigenvalue weighted by Crippen LogP contribution is -2.06. The number of aromatic nitrogens is 2. The summed E-state index contributed by atoms with van der Waals surface area (Å²) in [5.74, 6) is 0.110. The number of imidazole rings is 1. The zero-order valence-corrected chi connectivity index (χ0v) is 16.2. The molecule has 0 fully saturated rings. The number of para-hydroxylation sites is 2. The number of nitro benzene ring substituents is 1. The van der Waals surface area contributed by atoms with Crippen LogP contribution in [0, 0.1) is 10.1 Å². The minimum atomic E-state index is -0.477. The van der Waals surface area contributed by atoms with E-state index in [9.17, 15) is 14.9 Å². The highest BCUT2D eigenvalue weighted by Crippen LogP contribution is 2.26. The summed E-state index contributed by atoms with van der Waals surface area (Å²) in [5, 5.41) is 11.5. The van der Waals surface area contributed by atoms with Crippen molar-refractivity contribution in [1.82, 2.24) is 9.55 Å². The van der Waals surface area contributed by atoms with Crippen molar-refractivity contribution in [3.63, 3.8) is 0 Å². The smallest absolute Gasteiger partial charge is 0.269 e. The second kappa shape index (κ2) is 8.28. The maximum atomic E-state index is 12.6. The molecule has 6 nitrogen and oxygen atoms in total. The van der Waals surface area contributed by atoms with E-state index in [4.69, 9.17) is 4.98 Å². The lowest BCUT2D eigenvalue weighted by molar-refractivity contribution is -0.384. The van der Waals surface area contributed by atoms with Gasteiger partial charge in [0.05, 0.1) is 28.3 Å². The van der Waals surface area contributed by atoms with Crippen LogP contribution in [0.4, 0.5) is 5.69 Å². The van der Waals surface area contributed by atoms with Gasteiger partial charge in [-0.1, -0.05) is 54.2 Å². The number of carbonyl (C=O) groups excluding carboxylic acids is 1. The van der Waals surface area contributed by atoms with Gasteiger partial charge in [0.15, 0.2) is 10.9 Å². The number of carbonyl (C=O) groups is 1. The van der Waals surface area contributed by atoms with Crippen molar-refractivity contribution in [3.05, 3.63) is 100 Å². The second-order valence-electron chi connectivity index (χ2n) is 6.47. The first-order valence-electron chi connectivity index (χ1n) is 9.01. The average Bonchev–Trinajstić information content (AvgIpc) is 3.10. The van der Waals surface area contributed by atoms with E-state index in [1.807, 2.05) is 42.5 Å². The molecule has 0 radical (unpaired) electrons. The summed E-state index contributed by atoms with van der Waals surface area (Å²) in [6, 6.07) is 23.7. The number of benzene rings is 3. The van der Waals surface area contributed by atoms with Gasteiger partial charge in [0.25, 0.3) is 5.69 Å². The minimum absolute atomic E-state index is 0.0288. The van der Waals surface area contributed by atoms with Crippen LogP contribution in [-0.2, 0) is 6.54 Å². The van der Waals surface area contributed by atoms with Crippen molar-refractivity contribution in [2.45, 2.75) is 11.7 Å². The monoisotopic (exact) mass is 403 g/mol. The Balaban J connectivity index is 1.56. The number of nitrogens with zero attached hydrogens (tertiary/aromatic N) is 3.